The molecule has 0 radical (unpaired) electrons. The number of allylic oxidation sites excluding steroid dienone is 10. The third-order valence-corrected chi connectivity index (χ3v) is 9.68. The second-order valence-corrected chi connectivity index (χ2v) is 14.9. The van der Waals surface area contributed by atoms with Crippen molar-refractivity contribution in [3.8, 4) is 0 Å². The van der Waals surface area contributed by atoms with Gasteiger partial charge in [-0.3, -0.25) is 14.4 Å². The molecular weight excluding hydrogens is 671 g/mol. The van der Waals surface area contributed by atoms with Crippen LogP contribution in [0.1, 0.15) is 213 Å². The second kappa shape index (κ2) is 42.8. The number of hydrogen-bond acceptors (Lipinski definition) is 4. The van der Waals surface area contributed by atoms with Gasteiger partial charge in [-0.25, -0.2) is 0 Å². The summed E-state index contributed by atoms with van der Waals surface area (Å²) in [4.78, 5) is 35.1. The Kier molecular flexibility index (Phi) is 40.6. The average Bonchev–Trinajstić information content (AvgIpc) is 3.16. The summed E-state index contributed by atoms with van der Waals surface area (Å²) >= 11 is 0. The lowest BCUT2D eigenvalue weighted by Gasteiger charge is -2.17. The lowest BCUT2D eigenvalue weighted by atomic mass is 10.0. The summed E-state index contributed by atoms with van der Waals surface area (Å²) in [5.74, 6) is -1.29. The minimum atomic E-state index is -1.02. The number of rotatable bonds is 40. The van der Waals surface area contributed by atoms with Crippen molar-refractivity contribution in [3.63, 3.8) is 0 Å². The van der Waals surface area contributed by atoms with E-state index in [1.165, 1.54) is 96.3 Å². The van der Waals surface area contributed by atoms with E-state index in [1.54, 1.807) is 0 Å². The van der Waals surface area contributed by atoms with E-state index in [-0.39, 0.29) is 24.5 Å². The highest BCUT2D eigenvalue weighted by Crippen LogP contribution is 2.17. The van der Waals surface area contributed by atoms with E-state index in [4.69, 9.17) is 9.84 Å². The van der Waals surface area contributed by atoms with Crippen molar-refractivity contribution in [3.05, 3.63) is 60.8 Å². The number of carbonyl (C=O) groups excluding carboxylic acids is 2. The Labute approximate surface area is 332 Å². The molecule has 0 saturated carbocycles. The molecule has 0 aromatic carbocycles. The summed E-state index contributed by atoms with van der Waals surface area (Å²) < 4.78 is 6.00. The van der Waals surface area contributed by atoms with E-state index < -0.39 is 5.97 Å². The third kappa shape index (κ3) is 41.9. The Morgan fingerprint density at radius 3 is 1.48 bits per heavy atom. The van der Waals surface area contributed by atoms with Crippen molar-refractivity contribution >= 4 is 17.8 Å². The summed E-state index contributed by atoms with van der Waals surface area (Å²) in [6, 6.07) is 0. The molecule has 54 heavy (non-hydrogen) atoms. The molecule has 1 atom stereocenters. The first kappa shape index (κ1) is 51.1. The standard InChI is InChI=1S/C48H83NO5/c1-3-5-7-9-11-13-15-17-18-19-20-21-22-24-26-28-30-35-39-43-48(53)54-45(41-37-33-31-34-38-42-46(50)49-44-47(51)52)40-36-32-29-27-25-23-16-14-12-10-8-6-4-2/h6,8,12,14,17-18,23,25,29,32,45H,3-5,7,9-11,13,15-16,19-22,24,26-28,30-31,33-44H2,1-2H3,(H,49,50)(H,51,52)/b8-6-,14-12-,18-17-,25-23-,32-29-. The van der Waals surface area contributed by atoms with Gasteiger partial charge in [-0.15, -0.1) is 0 Å². The van der Waals surface area contributed by atoms with Gasteiger partial charge in [0, 0.05) is 12.8 Å². The highest BCUT2D eigenvalue weighted by molar-refractivity contribution is 5.80. The Hall–Kier alpha value is -2.89. The van der Waals surface area contributed by atoms with E-state index >= 15 is 0 Å². The number of amides is 1. The van der Waals surface area contributed by atoms with Gasteiger partial charge >= 0.3 is 11.9 Å². The predicted octanol–water partition coefficient (Wildman–Crippen LogP) is 14.0. The van der Waals surface area contributed by atoms with Gasteiger partial charge in [0.15, 0.2) is 0 Å². The summed E-state index contributed by atoms with van der Waals surface area (Å²) in [6.45, 7) is 4.10. The highest BCUT2D eigenvalue weighted by atomic mass is 16.5. The van der Waals surface area contributed by atoms with E-state index in [0.29, 0.717) is 12.8 Å². The number of esters is 1. The first-order chi connectivity index (χ1) is 26.5. The normalized spacial score (nSPS) is 12.6. The van der Waals surface area contributed by atoms with E-state index in [1.807, 2.05) is 0 Å². The van der Waals surface area contributed by atoms with Crippen molar-refractivity contribution in [2.75, 3.05) is 6.54 Å². The maximum atomic E-state index is 12.8. The maximum Gasteiger partial charge on any atom is 0.322 e. The van der Waals surface area contributed by atoms with Gasteiger partial charge in [-0.1, -0.05) is 171 Å². The van der Waals surface area contributed by atoms with Gasteiger partial charge in [0.2, 0.25) is 5.91 Å². The topological polar surface area (TPSA) is 92.7 Å². The van der Waals surface area contributed by atoms with E-state index in [0.717, 1.165) is 89.9 Å². The quantitative estimate of drug-likeness (QED) is 0.0369. The Morgan fingerprint density at radius 2 is 0.944 bits per heavy atom. The van der Waals surface area contributed by atoms with Crippen LogP contribution in [0.25, 0.3) is 0 Å². The number of carboxylic acid groups (broad SMARTS) is 1. The molecule has 2 N–H and O–H groups in total. The summed E-state index contributed by atoms with van der Waals surface area (Å²) in [7, 11) is 0. The zero-order valence-electron chi connectivity index (χ0n) is 35.1. The molecule has 1 amide bonds. The molecule has 0 aliphatic heterocycles. The van der Waals surface area contributed by atoms with Crippen molar-refractivity contribution < 1.29 is 24.2 Å². The fourth-order valence-electron chi connectivity index (χ4n) is 6.38. The Bertz CT molecular complexity index is 1010. The molecule has 0 fully saturated rings. The van der Waals surface area contributed by atoms with Crippen LogP contribution in [0.5, 0.6) is 0 Å². The van der Waals surface area contributed by atoms with Crippen LogP contribution in [0.3, 0.4) is 0 Å². The number of ether oxygens (including phenoxy) is 1. The molecule has 1 unspecified atom stereocenters. The first-order valence-corrected chi connectivity index (χ1v) is 22.4. The fourth-order valence-corrected chi connectivity index (χ4v) is 6.38. The molecule has 6 nitrogen and oxygen atoms in total. The molecule has 0 bridgehead atoms. The largest absolute Gasteiger partial charge is 0.480 e. The van der Waals surface area contributed by atoms with Gasteiger partial charge in [-0.05, 0) is 89.9 Å². The van der Waals surface area contributed by atoms with Gasteiger partial charge < -0.3 is 15.2 Å². The fraction of sp³-hybridized carbons (Fsp3) is 0.729. The SMILES string of the molecule is CC/C=C\C/C=C\C/C=C\C/C=C\CCC(CCCCCCCC(=O)NCC(=O)O)OC(=O)CCCCCCCCCCC/C=C\CCCCCCCC. The number of unbranched alkanes of at least 4 members (excludes halogenated alkanes) is 19. The Morgan fingerprint density at radius 1 is 0.500 bits per heavy atom. The van der Waals surface area contributed by atoms with Gasteiger partial charge in [0.1, 0.15) is 12.6 Å². The molecule has 0 spiro atoms. The molecule has 0 heterocycles. The molecule has 6 heteroatoms. The van der Waals surface area contributed by atoms with Crippen LogP contribution in [0, 0.1) is 0 Å². The molecule has 0 saturated heterocycles. The number of carbonyl (C=O) groups is 3. The molecule has 0 aliphatic carbocycles. The highest BCUT2D eigenvalue weighted by Gasteiger charge is 2.14. The van der Waals surface area contributed by atoms with Gasteiger partial charge in [0.05, 0.1) is 0 Å². The molecule has 0 aliphatic rings. The molecular formula is C48H83NO5. The first-order valence-electron chi connectivity index (χ1n) is 22.4. The summed E-state index contributed by atoms with van der Waals surface area (Å²) in [6.07, 6.45) is 56.4. The number of hydrogen-bond donors (Lipinski definition) is 2. The van der Waals surface area contributed by atoms with Crippen molar-refractivity contribution in [2.24, 2.45) is 0 Å². The average molecular weight is 754 g/mol. The van der Waals surface area contributed by atoms with Crippen LogP contribution < -0.4 is 5.32 Å². The smallest absolute Gasteiger partial charge is 0.322 e. The molecule has 0 aromatic rings. The summed E-state index contributed by atoms with van der Waals surface area (Å²) in [5.41, 5.74) is 0. The predicted molar refractivity (Wildman–Crippen MR) is 231 cm³/mol. The minimum Gasteiger partial charge on any atom is -0.480 e. The number of carboxylic acids is 1. The monoisotopic (exact) mass is 754 g/mol. The van der Waals surface area contributed by atoms with E-state index in [9.17, 15) is 14.4 Å². The van der Waals surface area contributed by atoms with Crippen molar-refractivity contribution in [1.29, 1.82) is 0 Å². The summed E-state index contributed by atoms with van der Waals surface area (Å²) in [5, 5.41) is 11.1. The Balaban J connectivity index is 4.21. The maximum absolute atomic E-state index is 12.8. The lowest BCUT2D eigenvalue weighted by molar-refractivity contribution is -0.150. The number of aliphatic carboxylic acids is 1. The van der Waals surface area contributed by atoms with Crippen LogP contribution in [-0.4, -0.2) is 35.6 Å². The molecule has 310 valence electrons. The van der Waals surface area contributed by atoms with Crippen LogP contribution in [0.4, 0.5) is 0 Å². The minimum absolute atomic E-state index is 0.0535. The molecule has 0 aromatic heterocycles. The zero-order chi connectivity index (χ0) is 39.4. The zero-order valence-corrected chi connectivity index (χ0v) is 35.1. The van der Waals surface area contributed by atoms with Crippen LogP contribution in [0.2, 0.25) is 0 Å². The van der Waals surface area contributed by atoms with Crippen LogP contribution in [0.15, 0.2) is 60.8 Å². The second-order valence-electron chi connectivity index (χ2n) is 14.9. The van der Waals surface area contributed by atoms with Gasteiger partial charge in [0.25, 0.3) is 0 Å². The lowest BCUT2D eigenvalue weighted by Crippen LogP contribution is -2.28. The van der Waals surface area contributed by atoms with Gasteiger partial charge in [-0.2, -0.15) is 0 Å². The van der Waals surface area contributed by atoms with E-state index in [2.05, 4.69) is 79.9 Å². The van der Waals surface area contributed by atoms with Crippen LogP contribution >= 0.6 is 0 Å². The van der Waals surface area contributed by atoms with Crippen molar-refractivity contribution in [2.45, 2.75) is 219 Å². The van der Waals surface area contributed by atoms with Crippen LogP contribution in [-0.2, 0) is 19.1 Å². The molecule has 0 rings (SSSR count). The number of nitrogens with one attached hydrogen (secondary N) is 1. The third-order valence-electron chi connectivity index (χ3n) is 9.68. The van der Waals surface area contributed by atoms with Crippen molar-refractivity contribution in [1.82, 2.24) is 5.32 Å².